The zero-order valence-electron chi connectivity index (χ0n) is 8.88. The van der Waals surface area contributed by atoms with Gasteiger partial charge in [0.05, 0.1) is 6.61 Å². The predicted octanol–water partition coefficient (Wildman–Crippen LogP) is 2.54. The van der Waals surface area contributed by atoms with Gasteiger partial charge in [0.2, 0.25) is 0 Å². The maximum absolute atomic E-state index is 9.54. The van der Waals surface area contributed by atoms with E-state index in [1.807, 2.05) is 13.0 Å². The minimum absolute atomic E-state index is 0.0557. The first-order chi connectivity index (χ1) is 6.69. The summed E-state index contributed by atoms with van der Waals surface area (Å²) >= 11 is 0. The highest BCUT2D eigenvalue weighted by Crippen LogP contribution is 2.23. The van der Waals surface area contributed by atoms with Crippen LogP contribution in [0.15, 0.2) is 12.1 Å². The van der Waals surface area contributed by atoms with Gasteiger partial charge in [-0.2, -0.15) is 0 Å². The summed E-state index contributed by atoms with van der Waals surface area (Å²) in [6, 6.07) is 3.64. The van der Waals surface area contributed by atoms with Crippen LogP contribution in [0.5, 0.6) is 5.75 Å². The highest BCUT2D eigenvalue weighted by Gasteiger charge is 2.05. The van der Waals surface area contributed by atoms with Crippen LogP contribution >= 0.6 is 0 Å². The summed E-state index contributed by atoms with van der Waals surface area (Å²) in [5.41, 5.74) is 2.83. The van der Waals surface area contributed by atoms with Crippen LogP contribution in [0.4, 0.5) is 0 Å². The molecule has 14 heavy (non-hydrogen) atoms. The van der Waals surface area contributed by atoms with Crippen molar-refractivity contribution >= 4 is 0 Å². The van der Waals surface area contributed by atoms with E-state index in [4.69, 9.17) is 5.11 Å². The van der Waals surface area contributed by atoms with E-state index < -0.39 is 0 Å². The van der Waals surface area contributed by atoms with Crippen LogP contribution < -0.4 is 0 Å². The van der Waals surface area contributed by atoms with Crippen molar-refractivity contribution in [1.29, 1.82) is 0 Å². The Morgan fingerprint density at radius 1 is 1.21 bits per heavy atom. The maximum Gasteiger partial charge on any atom is 0.118 e. The van der Waals surface area contributed by atoms with Crippen molar-refractivity contribution in [3.05, 3.63) is 28.8 Å². The topological polar surface area (TPSA) is 40.5 Å². The summed E-state index contributed by atoms with van der Waals surface area (Å²) in [6.45, 7) is 4.03. The van der Waals surface area contributed by atoms with Crippen LogP contribution in [-0.4, -0.2) is 10.2 Å². The standard InChI is InChI=1S/C12H18O2/c1-3-4-5-10-7-12(14)9(2)6-11(10)8-13/h6-7,13-14H,3-5,8H2,1-2H3. The lowest BCUT2D eigenvalue weighted by Crippen LogP contribution is -1.95. The summed E-state index contributed by atoms with van der Waals surface area (Å²) in [5.74, 6) is 0.327. The number of aliphatic hydroxyl groups is 1. The lowest BCUT2D eigenvalue weighted by atomic mass is 9.99. The molecule has 1 rings (SSSR count). The fourth-order valence-electron chi connectivity index (χ4n) is 1.55. The number of aryl methyl sites for hydroxylation is 2. The van der Waals surface area contributed by atoms with E-state index in [2.05, 4.69) is 6.92 Å². The molecule has 0 aromatic heterocycles. The quantitative estimate of drug-likeness (QED) is 0.773. The molecule has 0 heterocycles. The Labute approximate surface area is 85.2 Å². The number of phenolic OH excluding ortho intramolecular Hbond substituents is 1. The second-order valence-corrected chi connectivity index (χ2v) is 3.67. The van der Waals surface area contributed by atoms with Gasteiger partial charge in [-0.3, -0.25) is 0 Å². The maximum atomic E-state index is 9.54. The van der Waals surface area contributed by atoms with Gasteiger partial charge in [0.15, 0.2) is 0 Å². The second-order valence-electron chi connectivity index (χ2n) is 3.67. The van der Waals surface area contributed by atoms with Crippen molar-refractivity contribution in [3.8, 4) is 5.75 Å². The van der Waals surface area contributed by atoms with Crippen LogP contribution in [-0.2, 0) is 13.0 Å². The number of hydrogen-bond donors (Lipinski definition) is 2. The third-order valence-corrected chi connectivity index (χ3v) is 2.49. The number of unbranched alkanes of at least 4 members (excludes halogenated alkanes) is 1. The van der Waals surface area contributed by atoms with E-state index in [1.54, 1.807) is 6.07 Å². The third-order valence-electron chi connectivity index (χ3n) is 2.49. The number of phenols is 1. The van der Waals surface area contributed by atoms with Gasteiger partial charge >= 0.3 is 0 Å². The molecule has 0 aliphatic heterocycles. The molecule has 0 spiro atoms. The average Bonchev–Trinajstić information content (AvgIpc) is 2.19. The molecular formula is C12H18O2. The smallest absolute Gasteiger partial charge is 0.118 e. The molecule has 2 nitrogen and oxygen atoms in total. The fourth-order valence-corrected chi connectivity index (χ4v) is 1.55. The molecule has 78 valence electrons. The first-order valence-electron chi connectivity index (χ1n) is 5.11. The van der Waals surface area contributed by atoms with E-state index in [9.17, 15) is 5.11 Å². The van der Waals surface area contributed by atoms with Crippen molar-refractivity contribution in [2.75, 3.05) is 0 Å². The highest BCUT2D eigenvalue weighted by molar-refractivity contribution is 5.41. The Hall–Kier alpha value is -1.02. The summed E-state index contributed by atoms with van der Waals surface area (Å²) in [5, 5.41) is 18.7. The lowest BCUT2D eigenvalue weighted by molar-refractivity contribution is 0.280. The molecule has 0 aliphatic rings. The molecule has 1 aromatic carbocycles. The molecule has 0 bridgehead atoms. The second kappa shape index (κ2) is 5.01. The Morgan fingerprint density at radius 3 is 2.50 bits per heavy atom. The fraction of sp³-hybridized carbons (Fsp3) is 0.500. The first kappa shape index (κ1) is 11.1. The molecule has 0 fully saturated rings. The molecule has 0 saturated heterocycles. The van der Waals surface area contributed by atoms with Gasteiger partial charge in [0.25, 0.3) is 0 Å². The van der Waals surface area contributed by atoms with E-state index in [0.717, 1.165) is 36.0 Å². The van der Waals surface area contributed by atoms with Gasteiger partial charge in [-0.1, -0.05) is 13.3 Å². The van der Waals surface area contributed by atoms with Gasteiger partial charge in [-0.15, -0.1) is 0 Å². The number of rotatable bonds is 4. The van der Waals surface area contributed by atoms with Gasteiger partial charge in [0, 0.05) is 0 Å². The Kier molecular flexibility index (Phi) is 3.96. The monoisotopic (exact) mass is 194 g/mol. The molecule has 0 aliphatic carbocycles. The highest BCUT2D eigenvalue weighted by atomic mass is 16.3. The zero-order chi connectivity index (χ0) is 10.6. The Morgan fingerprint density at radius 2 is 1.93 bits per heavy atom. The molecule has 0 amide bonds. The first-order valence-corrected chi connectivity index (χ1v) is 5.11. The molecular weight excluding hydrogens is 176 g/mol. The zero-order valence-corrected chi connectivity index (χ0v) is 8.88. The van der Waals surface area contributed by atoms with Crippen LogP contribution in [0.25, 0.3) is 0 Å². The molecule has 1 aromatic rings. The number of aliphatic hydroxyl groups excluding tert-OH is 1. The average molecular weight is 194 g/mol. The lowest BCUT2D eigenvalue weighted by Gasteiger charge is -2.09. The molecule has 0 radical (unpaired) electrons. The molecule has 2 heteroatoms. The van der Waals surface area contributed by atoms with Gasteiger partial charge in [-0.05, 0) is 48.6 Å². The molecule has 2 N–H and O–H groups in total. The minimum atomic E-state index is 0.0557. The van der Waals surface area contributed by atoms with Crippen molar-refractivity contribution in [2.24, 2.45) is 0 Å². The summed E-state index contributed by atoms with van der Waals surface area (Å²) in [6.07, 6.45) is 3.15. The number of benzene rings is 1. The Bertz CT molecular complexity index is 305. The van der Waals surface area contributed by atoms with Crippen LogP contribution in [0, 0.1) is 6.92 Å². The number of hydrogen-bond acceptors (Lipinski definition) is 2. The van der Waals surface area contributed by atoms with E-state index >= 15 is 0 Å². The van der Waals surface area contributed by atoms with Crippen LogP contribution in [0.1, 0.15) is 36.5 Å². The Balaban J connectivity index is 2.95. The van der Waals surface area contributed by atoms with Gasteiger partial charge in [-0.25, -0.2) is 0 Å². The van der Waals surface area contributed by atoms with Crippen molar-refractivity contribution < 1.29 is 10.2 Å². The molecule has 0 saturated carbocycles. The van der Waals surface area contributed by atoms with Crippen molar-refractivity contribution in [2.45, 2.75) is 39.7 Å². The minimum Gasteiger partial charge on any atom is -0.508 e. The molecule has 0 atom stereocenters. The predicted molar refractivity (Wildman–Crippen MR) is 57.4 cm³/mol. The van der Waals surface area contributed by atoms with E-state index in [1.165, 1.54) is 0 Å². The van der Waals surface area contributed by atoms with Crippen molar-refractivity contribution in [3.63, 3.8) is 0 Å². The van der Waals surface area contributed by atoms with E-state index in [-0.39, 0.29) is 6.61 Å². The molecule has 0 unspecified atom stereocenters. The number of aromatic hydroxyl groups is 1. The van der Waals surface area contributed by atoms with Gasteiger partial charge < -0.3 is 10.2 Å². The SMILES string of the molecule is CCCCc1cc(O)c(C)cc1CO. The summed E-state index contributed by atoms with van der Waals surface area (Å²) in [4.78, 5) is 0. The third kappa shape index (κ3) is 2.48. The van der Waals surface area contributed by atoms with Crippen molar-refractivity contribution in [1.82, 2.24) is 0 Å². The normalized spacial score (nSPS) is 10.5. The van der Waals surface area contributed by atoms with Gasteiger partial charge in [0.1, 0.15) is 5.75 Å². The summed E-state index contributed by atoms with van der Waals surface area (Å²) in [7, 11) is 0. The van der Waals surface area contributed by atoms with E-state index in [0.29, 0.717) is 5.75 Å². The van der Waals surface area contributed by atoms with Crippen LogP contribution in [0.2, 0.25) is 0 Å². The summed E-state index contributed by atoms with van der Waals surface area (Å²) < 4.78 is 0. The van der Waals surface area contributed by atoms with Crippen LogP contribution in [0.3, 0.4) is 0 Å². The largest absolute Gasteiger partial charge is 0.508 e.